The van der Waals surface area contributed by atoms with Crippen molar-refractivity contribution in [1.29, 1.82) is 0 Å². The molecule has 0 unspecified atom stereocenters. The van der Waals surface area contributed by atoms with Crippen LogP contribution in [0.15, 0.2) is 29.1 Å². The summed E-state index contributed by atoms with van der Waals surface area (Å²) in [5.74, 6) is -1.98. The Bertz CT molecular complexity index is 923. The molecule has 0 aliphatic carbocycles. The number of methoxy groups -OCH3 is 1. The van der Waals surface area contributed by atoms with Crippen LogP contribution >= 0.6 is 0 Å². The van der Waals surface area contributed by atoms with Crippen LogP contribution in [-0.4, -0.2) is 47.8 Å². The molecule has 2 rings (SSSR count). The minimum Gasteiger partial charge on any atom is -0.467 e. The van der Waals surface area contributed by atoms with Crippen LogP contribution in [0.2, 0.25) is 0 Å². The number of nitrogens with one attached hydrogen (secondary N) is 2. The zero-order valence-corrected chi connectivity index (χ0v) is 16.0. The molecule has 1 heterocycles. The van der Waals surface area contributed by atoms with Gasteiger partial charge in [-0.3, -0.25) is 14.4 Å². The van der Waals surface area contributed by atoms with Gasteiger partial charge in [0, 0.05) is 5.39 Å². The molecule has 1 aromatic carbocycles. The molecule has 0 aliphatic rings. The SMILES string of the molecule is CC[C@@H](C)[C@H](NC(=O)COC(=O)Cc1n[nH]c(=O)c2ccccc12)C(=O)OC. The Balaban J connectivity index is 1.97. The maximum atomic E-state index is 12.1. The fraction of sp³-hybridized carbons (Fsp3) is 0.421. The highest BCUT2D eigenvalue weighted by molar-refractivity contribution is 5.88. The lowest BCUT2D eigenvalue weighted by atomic mass is 9.99. The van der Waals surface area contributed by atoms with Crippen LogP contribution in [0, 0.1) is 5.92 Å². The number of fused-ring (bicyclic) bond motifs is 1. The van der Waals surface area contributed by atoms with Gasteiger partial charge in [-0.05, 0) is 12.0 Å². The van der Waals surface area contributed by atoms with Gasteiger partial charge in [-0.1, -0.05) is 38.5 Å². The zero-order chi connectivity index (χ0) is 20.7. The van der Waals surface area contributed by atoms with E-state index in [2.05, 4.69) is 15.5 Å². The molecule has 2 aromatic rings. The first-order valence-electron chi connectivity index (χ1n) is 8.86. The molecule has 0 saturated carbocycles. The number of aromatic nitrogens is 2. The molecule has 1 amide bonds. The third kappa shape index (κ3) is 5.15. The van der Waals surface area contributed by atoms with Crippen molar-refractivity contribution >= 4 is 28.6 Å². The summed E-state index contributed by atoms with van der Waals surface area (Å²) in [5.41, 5.74) is -0.0151. The molecule has 1 aromatic heterocycles. The number of hydrogen-bond donors (Lipinski definition) is 2. The molecule has 0 fully saturated rings. The average molecular weight is 389 g/mol. The Morgan fingerprint density at radius 3 is 2.54 bits per heavy atom. The van der Waals surface area contributed by atoms with Crippen molar-refractivity contribution in [3.63, 3.8) is 0 Å². The molecule has 0 bridgehead atoms. The summed E-state index contributed by atoms with van der Waals surface area (Å²) in [5, 5.41) is 9.69. The van der Waals surface area contributed by atoms with Gasteiger partial charge in [0.25, 0.3) is 11.5 Å². The Kier molecular flexibility index (Phi) is 7.25. The smallest absolute Gasteiger partial charge is 0.328 e. The summed E-state index contributed by atoms with van der Waals surface area (Å²) in [7, 11) is 1.24. The molecular formula is C19H23N3O6. The normalized spacial score (nSPS) is 12.8. The summed E-state index contributed by atoms with van der Waals surface area (Å²) >= 11 is 0. The Morgan fingerprint density at radius 1 is 1.21 bits per heavy atom. The fourth-order valence-electron chi connectivity index (χ4n) is 2.65. The average Bonchev–Trinajstić information content (AvgIpc) is 2.71. The van der Waals surface area contributed by atoms with Gasteiger partial charge in [-0.15, -0.1) is 0 Å². The molecule has 2 N–H and O–H groups in total. The van der Waals surface area contributed by atoms with E-state index < -0.39 is 30.5 Å². The van der Waals surface area contributed by atoms with E-state index in [0.717, 1.165) is 0 Å². The Morgan fingerprint density at radius 2 is 1.89 bits per heavy atom. The number of benzene rings is 1. The molecule has 28 heavy (non-hydrogen) atoms. The highest BCUT2D eigenvalue weighted by Crippen LogP contribution is 2.13. The molecule has 0 aliphatic heterocycles. The minimum atomic E-state index is -0.814. The number of carbonyl (C=O) groups excluding carboxylic acids is 3. The molecule has 0 saturated heterocycles. The van der Waals surface area contributed by atoms with Gasteiger partial charge in [-0.25, -0.2) is 9.89 Å². The largest absolute Gasteiger partial charge is 0.467 e. The highest BCUT2D eigenvalue weighted by Gasteiger charge is 2.27. The summed E-state index contributed by atoms with van der Waals surface area (Å²) in [4.78, 5) is 47.7. The van der Waals surface area contributed by atoms with Gasteiger partial charge in [-0.2, -0.15) is 5.10 Å². The topological polar surface area (TPSA) is 127 Å². The van der Waals surface area contributed by atoms with Crippen LogP contribution in [0.1, 0.15) is 26.0 Å². The van der Waals surface area contributed by atoms with Crippen molar-refractivity contribution in [2.45, 2.75) is 32.7 Å². The molecular weight excluding hydrogens is 366 g/mol. The first kappa shape index (κ1) is 21.1. The molecule has 0 spiro atoms. The van der Waals surface area contributed by atoms with Crippen molar-refractivity contribution in [2.24, 2.45) is 5.92 Å². The van der Waals surface area contributed by atoms with Crippen LogP contribution in [0.5, 0.6) is 0 Å². The van der Waals surface area contributed by atoms with Crippen molar-refractivity contribution in [3.05, 3.63) is 40.3 Å². The zero-order valence-electron chi connectivity index (χ0n) is 16.0. The van der Waals surface area contributed by atoms with E-state index in [1.165, 1.54) is 7.11 Å². The van der Waals surface area contributed by atoms with E-state index in [1.54, 1.807) is 31.2 Å². The number of hydrogen-bond acceptors (Lipinski definition) is 7. The first-order chi connectivity index (χ1) is 13.4. The fourth-order valence-corrected chi connectivity index (χ4v) is 2.65. The third-order valence-electron chi connectivity index (χ3n) is 4.44. The number of aromatic amines is 1. The maximum absolute atomic E-state index is 12.1. The molecule has 2 atom stereocenters. The van der Waals surface area contributed by atoms with E-state index in [4.69, 9.17) is 9.47 Å². The van der Waals surface area contributed by atoms with Crippen LogP contribution in [-0.2, 0) is 30.3 Å². The second kappa shape index (κ2) is 9.63. The quantitative estimate of drug-likeness (QED) is 0.637. The molecule has 150 valence electrons. The number of ether oxygens (including phenoxy) is 2. The standard InChI is InChI=1S/C19H23N3O6/c1-4-11(2)17(19(26)27-3)20-15(23)10-28-16(24)9-14-12-7-5-6-8-13(12)18(25)22-21-14/h5-8,11,17H,4,9-10H2,1-3H3,(H,20,23)(H,22,25)/t11-,17+/m1/s1. The lowest BCUT2D eigenvalue weighted by molar-refractivity contribution is -0.150. The van der Waals surface area contributed by atoms with Gasteiger partial charge >= 0.3 is 11.9 Å². The predicted molar refractivity (Wildman–Crippen MR) is 100 cm³/mol. The van der Waals surface area contributed by atoms with Gasteiger partial charge in [0.05, 0.1) is 24.6 Å². The summed E-state index contributed by atoms with van der Waals surface area (Å²) < 4.78 is 9.67. The van der Waals surface area contributed by atoms with Gasteiger partial charge in [0.1, 0.15) is 6.04 Å². The third-order valence-corrected chi connectivity index (χ3v) is 4.44. The molecule has 9 heteroatoms. The minimum absolute atomic E-state index is 0.135. The number of H-pyrrole nitrogens is 1. The summed E-state index contributed by atoms with van der Waals surface area (Å²) in [6.45, 7) is 3.15. The van der Waals surface area contributed by atoms with Crippen molar-refractivity contribution in [3.8, 4) is 0 Å². The second-order valence-corrected chi connectivity index (χ2v) is 6.34. The second-order valence-electron chi connectivity index (χ2n) is 6.34. The van der Waals surface area contributed by atoms with Crippen LogP contribution < -0.4 is 10.9 Å². The predicted octanol–water partition coefficient (Wildman–Crippen LogP) is 0.713. The van der Waals surface area contributed by atoms with Crippen molar-refractivity contribution < 1.29 is 23.9 Å². The van der Waals surface area contributed by atoms with E-state index in [9.17, 15) is 19.2 Å². The van der Waals surface area contributed by atoms with Gasteiger partial charge in [0.15, 0.2) is 6.61 Å². The van der Waals surface area contributed by atoms with Crippen LogP contribution in [0.3, 0.4) is 0 Å². The number of rotatable bonds is 8. The molecule has 9 nitrogen and oxygen atoms in total. The van der Waals surface area contributed by atoms with E-state index >= 15 is 0 Å². The van der Waals surface area contributed by atoms with E-state index in [-0.39, 0.29) is 17.9 Å². The van der Waals surface area contributed by atoms with Gasteiger partial charge < -0.3 is 14.8 Å². The van der Waals surface area contributed by atoms with E-state index in [0.29, 0.717) is 22.9 Å². The number of amides is 1. The van der Waals surface area contributed by atoms with Gasteiger partial charge in [0.2, 0.25) is 0 Å². The van der Waals surface area contributed by atoms with Crippen molar-refractivity contribution in [2.75, 3.05) is 13.7 Å². The van der Waals surface area contributed by atoms with E-state index in [1.807, 2.05) is 6.92 Å². The lowest BCUT2D eigenvalue weighted by Gasteiger charge is -2.21. The van der Waals surface area contributed by atoms with Crippen LogP contribution in [0.4, 0.5) is 0 Å². The maximum Gasteiger partial charge on any atom is 0.328 e. The number of nitrogens with zero attached hydrogens (tertiary/aromatic N) is 1. The lowest BCUT2D eigenvalue weighted by Crippen LogP contribution is -2.47. The van der Waals surface area contributed by atoms with Crippen molar-refractivity contribution in [1.82, 2.24) is 15.5 Å². The Hall–Kier alpha value is -3.23. The first-order valence-corrected chi connectivity index (χ1v) is 8.86. The Labute approximate surface area is 161 Å². The summed E-state index contributed by atoms with van der Waals surface area (Å²) in [6.07, 6.45) is 0.446. The summed E-state index contributed by atoms with van der Waals surface area (Å²) in [6, 6.07) is 5.93. The molecule has 0 radical (unpaired) electrons. The highest BCUT2D eigenvalue weighted by atomic mass is 16.5. The number of carbonyl (C=O) groups is 3. The number of esters is 2. The van der Waals surface area contributed by atoms with Crippen LogP contribution in [0.25, 0.3) is 10.8 Å². The monoisotopic (exact) mass is 389 g/mol.